The fraction of sp³-hybridized carbons (Fsp3) is 0. The summed E-state index contributed by atoms with van der Waals surface area (Å²) in [5, 5.41) is 10.6. The summed E-state index contributed by atoms with van der Waals surface area (Å²) in [5.74, 6) is 0. The maximum absolute atomic E-state index is 10.7. The van der Waals surface area contributed by atoms with Crippen LogP contribution in [0.4, 0.5) is 0 Å². The Bertz CT molecular complexity index is 605. The second kappa shape index (κ2) is 3.77. The lowest BCUT2D eigenvalue weighted by Gasteiger charge is -2.09. The number of nitrogens with zero attached hydrogens (tertiary/aromatic N) is 4. The maximum atomic E-state index is 10.7. The number of rotatable bonds is 2. The van der Waals surface area contributed by atoms with E-state index in [0.29, 0.717) is 5.69 Å². The highest BCUT2D eigenvalue weighted by atomic mass is 32.2. The van der Waals surface area contributed by atoms with Gasteiger partial charge in [-0.05, 0) is 34.7 Å². The number of hydrogen-bond acceptors (Lipinski definition) is 7. The van der Waals surface area contributed by atoms with Gasteiger partial charge < -0.3 is 17.2 Å². The second-order valence-corrected chi connectivity index (χ2v) is 4.57. The first-order valence-electron chi connectivity index (χ1n) is 4.00. The topological polar surface area (TPSA) is 101 Å². The SMILES string of the molecule is O=S(=O)([O-])c1ccc(-n2nnnc2[S-])cc1. The van der Waals surface area contributed by atoms with Crippen LogP contribution in [-0.2, 0) is 22.7 Å². The standard InChI is InChI=1S/C7H6N4O3S2/c12-16(13,14)6-3-1-5(2-4-6)11-7(15)8-9-10-11/h1-4H,(H,8,10,15)(H,12,13,14)/p-2. The summed E-state index contributed by atoms with van der Waals surface area (Å²) in [6, 6.07) is 5.15. The molecule has 16 heavy (non-hydrogen) atoms. The van der Waals surface area contributed by atoms with Gasteiger partial charge in [-0.2, -0.15) is 0 Å². The largest absolute Gasteiger partial charge is 0.744 e. The summed E-state index contributed by atoms with van der Waals surface area (Å²) in [5.41, 5.74) is 0.488. The van der Waals surface area contributed by atoms with Crippen molar-refractivity contribution in [2.75, 3.05) is 0 Å². The fourth-order valence-corrected chi connectivity index (χ4v) is 1.74. The van der Waals surface area contributed by atoms with Crippen molar-refractivity contribution in [1.82, 2.24) is 20.2 Å². The highest BCUT2D eigenvalue weighted by Gasteiger charge is 2.03. The van der Waals surface area contributed by atoms with E-state index in [-0.39, 0.29) is 10.1 Å². The van der Waals surface area contributed by atoms with E-state index in [1.165, 1.54) is 28.9 Å². The Kier molecular flexibility index (Phi) is 2.58. The van der Waals surface area contributed by atoms with Crippen molar-refractivity contribution >= 4 is 22.7 Å². The number of hydrogen-bond donors (Lipinski definition) is 0. The molecule has 2 aromatic rings. The summed E-state index contributed by atoms with van der Waals surface area (Å²) in [4.78, 5) is -0.310. The van der Waals surface area contributed by atoms with Crippen LogP contribution in [0.2, 0.25) is 0 Å². The first-order valence-corrected chi connectivity index (χ1v) is 5.82. The maximum Gasteiger partial charge on any atom is 0.124 e. The van der Waals surface area contributed by atoms with Gasteiger partial charge in [0.05, 0.1) is 10.6 Å². The van der Waals surface area contributed by atoms with Gasteiger partial charge in [0.1, 0.15) is 10.1 Å². The van der Waals surface area contributed by atoms with Crippen LogP contribution in [0.3, 0.4) is 0 Å². The average Bonchev–Trinajstić information content (AvgIpc) is 2.63. The normalized spacial score (nSPS) is 11.6. The molecule has 0 atom stereocenters. The average molecular weight is 256 g/mol. The molecule has 1 aromatic carbocycles. The van der Waals surface area contributed by atoms with Gasteiger partial charge in [-0.25, -0.2) is 13.1 Å². The van der Waals surface area contributed by atoms with Crippen LogP contribution < -0.4 is 0 Å². The van der Waals surface area contributed by atoms with Crippen LogP contribution in [0.25, 0.3) is 5.69 Å². The lowest BCUT2D eigenvalue weighted by atomic mass is 10.3. The molecule has 0 spiro atoms. The van der Waals surface area contributed by atoms with Crippen LogP contribution >= 0.6 is 0 Å². The molecule has 0 amide bonds. The molecule has 0 unspecified atom stereocenters. The molecule has 0 aliphatic rings. The Hall–Kier alpha value is -1.58. The monoisotopic (exact) mass is 256 g/mol. The zero-order valence-electron chi connectivity index (χ0n) is 7.64. The van der Waals surface area contributed by atoms with E-state index >= 15 is 0 Å². The van der Waals surface area contributed by atoms with E-state index in [1.54, 1.807) is 0 Å². The van der Waals surface area contributed by atoms with Gasteiger partial charge in [-0.3, -0.25) is 0 Å². The Labute approximate surface area is 96.3 Å². The predicted octanol–water partition coefficient (Wildman–Crippen LogP) is -0.528. The summed E-state index contributed by atoms with van der Waals surface area (Å²) in [7, 11) is -4.44. The molecule has 0 radical (unpaired) electrons. The summed E-state index contributed by atoms with van der Waals surface area (Å²) < 4.78 is 33.3. The van der Waals surface area contributed by atoms with Gasteiger partial charge >= 0.3 is 0 Å². The van der Waals surface area contributed by atoms with E-state index in [0.717, 1.165) is 0 Å². The van der Waals surface area contributed by atoms with Gasteiger partial charge in [0.25, 0.3) is 0 Å². The minimum absolute atomic E-state index is 0.151. The Morgan fingerprint density at radius 2 is 1.88 bits per heavy atom. The molecule has 0 fully saturated rings. The Balaban J connectivity index is 2.45. The zero-order chi connectivity index (χ0) is 11.8. The van der Waals surface area contributed by atoms with Gasteiger partial charge in [0, 0.05) is 5.16 Å². The molecule has 0 saturated heterocycles. The van der Waals surface area contributed by atoms with Crippen LogP contribution in [0.1, 0.15) is 0 Å². The molecule has 0 aliphatic carbocycles. The van der Waals surface area contributed by atoms with Crippen LogP contribution in [-0.4, -0.2) is 33.2 Å². The highest BCUT2D eigenvalue weighted by molar-refractivity contribution is 7.85. The van der Waals surface area contributed by atoms with E-state index < -0.39 is 10.1 Å². The van der Waals surface area contributed by atoms with Crippen molar-refractivity contribution in [3.8, 4) is 5.69 Å². The van der Waals surface area contributed by atoms with Gasteiger partial charge in [-0.1, -0.05) is 0 Å². The Morgan fingerprint density at radius 3 is 2.31 bits per heavy atom. The Morgan fingerprint density at radius 1 is 1.25 bits per heavy atom. The molecule has 0 aliphatic heterocycles. The first kappa shape index (κ1) is 10.9. The number of tetrazole rings is 1. The molecule has 0 N–H and O–H groups in total. The predicted molar refractivity (Wildman–Crippen MR) is 52.7 cm³/mol. The third-order valence-electron chi connectivity index (χ3n) is 1.81. The quantitative estimate of drug-likeness (QED) is 0.526. The minimum Gasteiger partial charge on any atom is -0.744 e. The summed E-state index contributed by atoms with van der Waals surface area (Å²) in [6.45, 7) is 0. The summed E-state index contributed by atoms with van der Waals surface area (Å²) >= 11 is 4.82. The van der Waals surface area contributed by atoms with Crippen molar-refractivity contribution in [2.45, 2.75) is 10.1 Å². The third-order valence-corrected chi connectivity index (χ3v) is 2.91. The van der Waals surface area contributed by atoms with Crippen molar-refractivity contribution in [2.24, 2.45) is 0 Å². The van der Waals surface area contributed by atoms with E-state index in [9.17, 15) is 13.0 Å². The third kappa shape index (κ3) is 2.01. The van der Waals surface area contributed by atoms with Crippen molar-refractivity contribution < 1.29 is 13.0 Å². The fourth-order valence-electron chi connectivity index (χ4n) is 1.09. The van der Waals surface area contributed by atoms with Gasteiger partial charge in [0.2, 0.25) is 0 Å². The van der Waals surface area contributed by atoms with Crippen molar-refractivity contribution in [3.05, 3.63) is 24.3 Å². The van der Waals surface area contributed by atoms with Crippen LogP contribution in [0, 0.1) is 0 Å². The molecule has 0 bridgehead atoms. The second-order valence-electron chi connectivity index (χ2n) is 2.82. The summed E-state index contributed by atoms with van der Waals surface area (Å²) in [6.07, 6.45) is 0. The van der Waals surface area contributed by atoms with Crippen molar-refractivity contribution in [3.63, 3.8) is 0 Å². The molecule has 1 heterocycles. The van der Waals surface area contributed by atoms with E-state index in [4.69, 9.17) is 12.6 Å². The van der Waals surface area contributed by atoms with Gasteiger partial charge in [0.15, 0.2) is 0 Å². The highest BCUT2D eigenvalue weighted by Crippen LogP contribution is 2.13. The lowest BCUT2D eigenvalue weighted by molar-refractivity contribution is 0.463. The molecular formula is C7H4N4O3S2-2. The zero-order valence-corrected chi connectivity index (χ0v) is 9.27. The smallest absolute Gasteiger partial charge is 0.124 e. The molecule has 7 nitrogen and oxygen atoms in total. The first-order chi connectivity index (χ1) is 7.48. The molecule has 9 heteroatoms. The number of aromatic nitrogens is 4. The van der Waals surface area contributed by atoms with Crippen LogP contribution in [0.5, 0.6) is 0 Å². The molecule has 84 valence electrons. The van der Waals surface area contributed by atoms with Gasteiger partial charge in [-0.15, -0.1) is 5.10 Å². The van der Waals surface area contributed by atoms with E-state index in [2.05, 4.69) is 15.5 Å². The van der Waals surface area contributed by atoms with E-state index in [1.807, 2.05) is 0 Å². The van der Waals surface area contributed by atoms with Crippen molar-refractivity contribution in [1.29, 1.82) is 0 Å². The number of benzene rings is 1. The molecule has 2 rings (SSSR count). The minimum atomic E-state index is -4.44. The molecule has 0 saturated carbocycles. The van der Waals surface area contributed by atoms with Crippen LogP contribution in [0.15, 0.2) is 34.3 Å². The molecule has 1 aromatic heterocycles. The molecular weight excluding hydrogens is 252 g/mol. The lowest BCUT2D eigenvalue weighted by Crippen LogP contribution is -2.01.